The van der Waals surface area contributed by atoms with Crippen LogP contribution in [0.5, 0.6) is 0 Å². The van der Waals surface area contributed by atoms with Crippen LogP contribution < -0.4 is 5.32 Å². The van der Waals surface area contributed by atoms with Gasteiger partial charge >= 0.3 is 0 Å². The van der Waals surface area contributed by atoms with E-state index in [-0.39, 0.29) is 11.3 Å². The van der Waals surface area contributed by atoms with Crippen molar-refractivity contribution in [1.29, 1.82) is 0 Å². The number of nitrogens with zero attached hydrogens (tertiary/aromatic N) is 1. The molecule has 1 aromatic heterocycles. The number of amides is 1. The van der Waals surface area contributed by atoms with Crippen molar-refractivity contribution < 1.29 is 4.79 Å². The summed E-state index contributed by atoms with van der Waals surface area (Å²) < 4.78 is 0. The number of carbonyl (C=O) groups excluding carboxylic acids is 1. The second-order valence-corrected chi connectivity index (χ2v) is 11.0. The molecule has 5 heteroatoms. The van der Waals surface area contributed by atoms with E-state index in [4.69, 9.17) is 16.6 Å². The molecule has 158 valence electrons. The van der Waals surface area contributed by atoms with Gasteiger partial charge in [0.15, 0.2) is 0 Å². The van der Waals surface area contributed by atoms with Gasteiger partial charge in [0.1, 0.15) is 5.01 Å². The first-order valence-corrected chi connectivity index (χ1v) is 12.5. The summed E-state index contributed by atoms with van der Waals surface area (Å²) in [6.45, 7) is 0. The molecule has 1 heterocycles. The van der Waals surface area contributed by atoms with Crippen molar-refractivity contribution in [3.05, 3.63) is 58.9 Å². The normalized spacial score (nSPS) is 28.6. The Hall–Kier alpha value is -2.17. The molecule has 4 aliphatic carbocycles. The Morgan fingerprint density at radius 3 is 2.42 bits per heavy atom. The lowest BCUT2D eigenvalue weighted by molar-refractivity contribution is -0.140. The summed E-state index contributed by atoms with van der Waals surface area (Å²) in [6, 6.07) is 15.9. The number of halogens is 1. The summed E-state index contributed by atoms with van der Waals surface area (Å²) in [5.41, 5.74) is 3.60. The number of hydrogen-bond acceptors (Lipinski definition) is 3. The third-order valence-electron chi connectivity index (χ3n) is 7.54. The van der Waals surface area contributed by atoms with E-state index in [2.05, 4.69) is 10.7 Å². The molecule has 4 aliphatic rings. The first kappa shape index (κ1) is 19.5. The Kier molecular flexibility index (Phi) is 4.69. The number of rotatable bonds is 4. The van der Waals surface area contributed by atoms with Gasteiger partial charge in [0.05, 0.1) is 16.1 Å². The highest BCUT2D eigenvalue weighted by Gasteiger charge is 2.54. The molecule has 1 N–H and O–H groups in total. The third kappa shape index (κ3) is 3.50. The second-order valence-electron chi connectivity index (χ2n) is 9.75. The maximum atomic E-state index is 13.4. The summed E-state index contributed by atoms with van der Waals surface area (Å²) in [5.74, 6) is 2.53. The van der Waals surface area contributed by atoms with E-state index in [1.165, 1.54) is 19.3 Å². The Bertz CT molecular complexity index is 1120. The van der Waals surface area contributed by atoms with Crippen LogP contribution in [0.1, 0.15) is 38.5 Å². The molecular formula is C26H25ClN2OS. The molecule has 3 aromatic rings. The van der Waals surface area contributed by atoms with E-state index in [1.54, 1.807) is 11.3 Å². The van der Waals surface area contributed by atoms with Crippen molar-refractivity contribution in [1.82, 2.24) is 4.98 Å². The molecular weight excluding hydrogens is 424 g/mol. The lowest BCUT2D eigenvalue weighted by atomic mass is 9.49. The van der Waals surface area contributed by atoms with Gasteiger partial charge in [-0.25, -0.2) is 4.98 Å². The Balaban J connectivity index is 1.23. The molecule has 4 fully saturated rings. The topological polar surface area (TPSA) is 42.0 Å². The first-order chi connectivity index (χ1) is 15.1. The fourth-order valence-corrected chi connectivity index (χ4v) is 7.72. The van der Waals surface area contributed by atoms with Crippen molar-refractivity contribution in [2.75, 3.05) is 5.32 Å². The molecule has 0 atom stereocenters. The highest BCUT2D eigenvalue weighted by atomic mass is 35.5. The molecule has 0 radical (unpaired) electrons. The van der Waals surface area contributed by atoms with Crippen LogP contribution in [0.2, 0.25) is 5.02 Å². The zero-order valence-corrected chi connectivity index (χ0v) is 18.9. The van der Waals surface area contributed by atoms with Crippen LogP contribution in [-0.2, 0) is 4.79 Å². The summed E-state index contributed by atoms with van der Waals surface area (Å²) in [4.78, 5) is 18.2. The largest absolute Gasteiger partial charge is 0.326 e. The van der Waals surface area contributed by atoms with Crippen molar-refractivity contribution in [2.24, 2.45) is 23.2 Å². The number of anilines is 1. The minimum absolute atomic E-state index is 0.136. The predicted molar refractivity (Wildman–Crippen MR) is 127 cm³/mol. The molecule has 0 aliphatic heterocycles. The van der Waals surface area contributed by atoms with Gasteiger partial charge in [-0.15, -0.1) is 11.3 Å². The van der Waals surface area contributed by atoms with E-state index in [9.17, 15) is 4.79 Å². The van der Waals surface area contributed by atoms with Gasteiger partial charge in [-0.3, -0.25) is 4.79 Å². The van der Waals surface area contributed by atoms with E-state index in [0.29, 0.717) is 5.02 Å². The van der Waals surface area contributed by atoms with Crippen LogP contribution >= 0.6 is 22.9 Å². The Morgan fingerprint density at radius 2 is 1.71 bits per heavy atom. The van der Waals surface area contributed by atoms with Gasteiger partial charge in [0, 0.05) is 22.2 Å². The molecule has 1 amide bonds. The fraction of sp³-hybridized carbons (Fsp3) is 0.385. The molecule has 4 bridgehead atoms. The SMILES string of the molecule is O=C(Nc1cccc(-c2csc(-c3ccccc3Cl)n2)c1)C12CC3CC(CC(C3)C1)C2. The van der Waals surface area contributed by atoms with E-state index in [1.807, 2.05) is 48.5 Å². The third-order valence-corrected chi connectivity index (χ3v) is 8.75. The molecule has 2 aromatic carbocycles. The number of hydrogen-bond donors (Lipinski definition) is 1. The molecule has 7 rings (SSSR count). The second kappa shape index (κ2) is 7.46. The zero-order valence-electron chi connectivity index (χ0n) is 17.3. The number of thiazole rings is 1. The smallest absolute Gasteiger partial charge is 0.230 e. The number of carbonyl (C=O) groups is 1. The van der Waals surface area contributed by atoms with E-state index < -0.39 is 0 Å². The molecule has 0 spiro atoms. The fourth-order valence-electron chi connectivity index (χ4n) is 6.57. The van der Waals surface area contributed by atoms with Crippen LogP contribution in [0.15, 0.2) is 53.9 Å². The van der Waals surface area contributed by atoms with E-state index >= 15 is 0 Å². The van der Waals surface area contributed by atoms with Crippen molar-refractivity contribution in [3.8, 4) is 21.8 Å². The number of benzene rings is 2. The van der Waals surface area contributed by atoms with Crippen LogP contribution in [-0.4, -0.2) is 10.9 Å². The summed E-state index contributed by atoms with van der Waals surface area (Å²) >= 11 is 7.93. The van der Waals surface area contributed by atoms with Gasteiger partial charge in [-0.05, 0) is 74.5 Å². The van der Waals surface area contributed by atoms with Gasteiger partial charge in [-0.1, -0.05) is 41.9 Å². The molecule has 0 saturated heterocycles. The molecule has 3 nitrogen and oxygen atoms in total. The Labute approximate surface area is 191 Å². The summed E-state index contributed by atoms with van der Waals surface area (Å²) in [7, 11) is 0. The standard InChI is InChI=1S/C26H25ClN2OS/c27-22-7-2-1-6-21(22)24-29-23(15-31-24)19-4-3-5-20(11-19)28-25(30)26-12-16-8-17(13-26)10-18(9-16)14-26/h1-7,11,15-18H,8-10,12-14H2,(H,28,30). The van der Waals surface area contributed by atoms with Gasteiger partial charge in [0.25, 0.3) is 0 Å². The molecule has 4 saturated carbocycles. The first-order valence-electron chi connectivity index (χ1n) is 11.2. The van der Waals surface area contributed by atoms with E-state index in [0.717, 1.165) is 64.5 Å². The van der Waals surface area contributed by atoms with Gasteiger partial charge < -0.3 is 5.32 Å². The number of aromatic nitrogens is 1. The quantitative estimate of drug-likeness (QED) is 0.455. The van der Waals surface area contributed by atoms with Crippen molar-refractivity contribution in [3.63, 3.8) is 0 Å². The maximum absolute atomic E-state index is 13.4. The monoisotopic (exact) mass is 448 g/mol. The minimum Gasteiger partial charge on any atom is -0.326 e. The Morgan fingerprint density at radius 1 is 1.00 bits per heavy atom. The zero-order chi connectivity index (χ0) is 21.0. The minimum atomic E-state index is -0.136. The number of nitrogens with one attached hydrogen (secondary N) is 1. The summed E-state index contributed by atoms with van der Waals surface area (Å²) in [6.07, 6.45) is 7.28. The van der Waals surface area contributed by atoms with Crippen LogP contribution in [0, 0.1) is 23.2 Å². The summed E-state index contributed by atoms with van der Waals surface area (Å²) in [5, 5.41) is 6.94. The highest BCUT2D eigenvalue weighted by molar-refractivity contribution is 7.13. The predicted octanol–water partition coefficient (Wildman–Crippen LogP) is 7.29. The average Bonchev–Trinajstić information content (AvgIpc) is 3.23. The van der Waals surface area contributed by atoms with Crippen molar-refractivity contribution >= 4 is 34.5 Å². The van der Waals surface area contributed by atoms with Gasteiger partial charge in [-0.2, -0.15) is 0 Å². The molecule has 0 unspecified atom stereocenters. The molecule has 31 heavy (non-hydrogen) atoms. The highest BCUT2D eigenvalue weighted by Crippen LogP contribution is 2.60. The lowest BCUT2D eigenvalue weighted by Gasteiger charge is -2.55. The van der Waals surface area contributed by atoms with Gasteiger partial charge in [0.2, 0.25) is 5.91 Å². The van der Waals surface area contributed by atoms with Crippen molar-refractivity contribution in [2.45, 2.75) is 38.5 Å². The lowest BCUT2D eigenvalue weighted by Crippen LogP contribution is -2.51. The van der Waals surface area contributed by atoms with Crippen LogP contribution in [0.25, 0.3) is 21.8 Å². The van der Waals surface area contributed by atoms with Crippen LogP contribution in [0.3, 0.4) is 0 Å². The maximum Gasteiger partial charge on any atom is 0.230 e. The van der Waals surface area contributed by atoms with Crippen LogP contribution in [0.4, 0.5) is 5.69 Å². The average molecular weight is 449 g/mol.